The number of para-hydroxylation sites is 1. The summed E-state index contributed by atoms with van der Waals surface area (Å²) in [5.74, 6) is 0.0841. The van der Waals surface area contributed by atoms with Crippen molar-refractivity contribution in [2.45, 2.75) is 18.9 Å². The maximum absolute atomic E-state index is 12.4. The summed E-state index contributed by atoms with van der Waals surface area (Å²) in [5, 5.41) is 4.33. The Morgan fingerprint density at radius 1 is 1.36 bits per heavy atom. The quantitative estimate of drug-likeness (QED) is 0.885. The molecule has 0 spiro atoms. The molecular formula is C18H21N3O. The number of likely N-dealkylation sites (N-methyl/N-ethyl adjacent to an activating group) is 1. The predicted octanol–water partition coefficient (Wildman–Crippen LogP) is 2.46. The van der Waals surface area contributed by atoms with Crippen LogP contribution in [0, 0.1) is 0 Å². The summed E-state index contributed by atoms with van der Waals surface area (Å²) in [6.07, 6.45) is 7.56. The van der Waals surface area contributed by atoms with Crippen LogP contribution >= 0.6 is 0 Å². The molecule has 1 fully saturated rings. The number of hydrogen-bond acceptors (Lipinski definition) is 3. The summed E-state index contributed by atoms with van der Waals surface area (Å²) < 4.78 is 0. The number of aromatic nitrogens is 1. The molecule has 0 radical (unpaired) electrons. The molecule has 0 aliphatic carbocycles. The first kappa shape index (κ1) is 14.7. The van der Waals surface area contributed by atoms with E-state index in [1.807, 2.05) is 48.4 Å². The van der Waals surface area contributed by atoms with E-state index < -0.39 is 0 Å². The molecule has 4 heteroatoms. The van der Waals surface area contributed by atoms with Crippen LogP contribution in [0.1, 0.15) is 18.4 Å². The Balaban J connectivity index is 1.76. The van der Waals surface area contributed by atoms with Gasteiger partial charge in [-0.25, -0.2) is 0 Å². The standard InChI is InChI=1S/C18H21N3O/c1-19-15-5-4-12-21(13-15)18(22)9-8-14-10-11-20-17-7-3-2-6-16(14)17/h2-3,6-11,15,19H,4-5,12-13H2,1H3/b9-8+. The monoisotopic (exact) mass is 295 g/mol. The van der Waals surface area contributed by atoms with Gasteiger partial charge in [-0.2, -0.15) is 0 Å². The van der Waals surface area contributed by atoms with Crippen molar-refractivity contribution in [2.24, 2.45) is 0 Å². The highest BCUT2D eigenvalue weighted by atomic mass is 16.2. The van der Waals surface area contributed by atoms with Crippen LogP contribution in [0.3, 0.4) is 0 Å². The van der Waals surface area contributed by atoms with Crippen molar-refractivity contribution in [3.05, 3.63) is 48.2 Å². The third kappa shape index (κ3) is 3.17. The van der Waals surface area contributed by atoms with Gasteiger partial charge in [0.15, 0.2) is 0 Å². The summed E-state index contributed by atoms with van der Waals surface area (Å²) in [7, 11) is 1.96. The molecule has 1 atom stereocenters. The minimum atomic E-state index is 0.0841. The molecule has 0 saturated carbocycles. The van der Waals surface area contributed by atoms with Crippen molar-refractivity contribution in [3.8, 4) is 0 Å². The fraction of sp³-hybridized carbons (Fsp3) is 0.333. The number of amides is 1. The summed E-state index contributed by atoms with van der Waals surface area (Å²) in [6.45, 7) is 1.63. The van der Waals surface area contributed by atoms with Crippen molar-refractivity contribution in [2.75, 3.05) is 20.1 Å². The molecule has 0 bridgehead atoms. The van der Waals surface area contributed by atoms with Gasteiger partial charge in [0.05, 0.1) is 5.52 Å². The number of piperidine rings is 1. The van der Waals surface area contributed by atoms with Gasteiger partial charge in [-0.3, -0.25) is 9.78 Å². The number of likely N-dealkylation sites (tertiary alicyclic amines) is 1. The second-order valence-corrected chi connectivity index (χ2v) is 5.66. The molecule has 2 heterocycles. The van der Waals surface area contributed by atoms with Gasteiger partial charge in [0.1, 0.15) is 0 Å². The van der Waals surface area contributed by atoms with Gasteiger partial charge in [0.25, 0.3) is 0 Å². The van der Waals surface area contributed by atoms with E-state index in [9.17, 15) is 4.79 Å². The topological polar surface area (TPSA) is 45.2 Å². The molecule has 1 aliphatic rings. The predicted molar refractivity (Wildman–Crippen MR) is 89.4 cm³/mol. The van der Waals surface area contributed by atoms with Gasteiger partial charge in [-0.15, -0.1) is 0 Å². The zero-order chi connectivity index (χ0) is 15.4. The highest BCUT2D eigenvalue weighted by Crippen LogP contribution is 2.18. The van der Waals surface area contributed by atoms with Gasteiger partial charge in [0.2, 0.25) is 5.91 Å². The lowest BCUT2D eigenvalue weighted by Crippen LogP contribution is -2.46. The second kappa shape index (κ2) is 6.71. The zero-order valence-corrected chi connectivity index (χ0v) is 12.8. The molecule has 1 aliphatic heterocycles. The molecule has 1 unspecified atom stereocenters. The van der Waals surface area contributed by atoms with E-state index in [1.54, 1.807) is 12.3 Å². The molecule has 4 nitrogen and oxygen atoms in total. The van der Waals surface area contributed by atoms with Crippen molar-refractivity contribution in [3.63, 3.8) is 0 Å². The van der Waals surface area contributed by atoms with Crippen molar-refractivity contribution in [1.29, 1.82) is 0 Å². The molecular weight excluding hydrogens is 274 g/mol. The maximum Gasteiger partial charge on any atom is 0.246 e. The number of benzene rings is 1. The van der Waals surface area contributed by atoms with Crippen LogP contribution in [0.15, 0.2) is 42.6 Å². The Hall–Kier alpha value is -2.20. The number of fused-ring (bicyclic) bond motifs is 1. The summed E-state index contributed by atoms with van der Waals surface area (Å²) in [4.78, 5) is 18.6. The largest absolute Gasteiger partial charge is 0.338 e. The highest BCUT2D eigenvalue weighted by Gasteiger charge is 2.20. The highest BCUT2D eigenvalue weighted by molar-refractivity contribution is 5.95. The Morgan fingerprint density at radius 2 is 2.23 bits per heavy atom. The molecule has 1 amide bonds. The van der Waals surface area contributed by atoms with Crippen molar-refractivity contribution >= 4 is 22.9 Å². The Labute approximate surface area is 130 Å². The molecule has 1 saturated heterocycles. The van der Waals surface area contributed by atoms with Crippen LogP contribution < -0.4 is 5.32 Å². The van der Waals surface area contributed by atoms with E-state index in [1.165, 1.54) is 0 Å². The van der Waals surface area contributed by atoms with Crippen LogP contribution in [-0.2, 0) is 4.79 Å². The minimum absolute atomic E-state index is 0.0841. The van der Waals surface area contributed by atoms with Crippen LogP contribution in [0.4, 0.5) is 0 Å². The smallest absolute Gasteiger partial charge is 0.246 e. The third-order valence-corrected chi connectivity index (χ3v) is 4.23. The number of carbonyl (C=O) groups excluding carboxylic acids is 1. The summed E-state index contributed by atoms with van der Waals surface area (Å²) >= 11 is 0. The van der Waals surface area contributed by atoms with Gasteiger partial charge in [0, 0.05) is 36.8 Å². The van der Waals surface area contributed by atoms with Gasteiger partial charge < -0.3 is 10.2 Å². The lowest BCUT2D eigenvalue weighted by atomic mass is 10.1. The van der Waals surface area contributed by atoms with Crippen LogP contribution in [0.5, 0.6) is 0 Å². The first-order valence-corrected chi connectivity index (χ1v) is 7.76. The van der Waals surface area contributed by atoms with Gasteiger partial charge in [-0.1, -0.05) is 18.2 Å². The maximum atomic E-state index is 12.4. The molecule has 1 aromatic carbocycles. The van der Waals surface area contributed by atoms with Crippen LogP contribution in [0.25, 0.3) is 17.0 Å². The molecule has 1 N–H and O–H groups in total. The molecule has 3 rings (SSSR count). The first-order valence-electron chi connectivity index (χ1n) is 7.76. The Bertz CT molecular complexity index is 690. The number of rotatable bonds is 3. The molecule has 1 aromatic heterocycles. The first-order chi connectivity index (χ1) is 10.8. The SMILES string of the molecule is CNC1CCCN(C(=O)/C=C/c2ccnc3ccccc23)C1. The fourth-order valence-electron chi connectivity index (χ4n) is 2.94. The molecule has 114 valence electrons. The van der Waals surface area contributed by atoms with Crippen molar-refractivity contribution < 1.29 is 4.79 Å². The fourth-order valence-corrected chi connectivity index (χ4v) is 2.94. The van der Waals surface area contributed by atoms with E-state index in [0.717, 1.165) is 42.4 Å². The number of nitrogens with one attached hydrogen (secondary N) is 1. The van der Waals surface area contributed by atoms with Crippen LogP contribution in [0.2, 0.25) is 0 Å². The average molecular weight is 295 g/mol. The van der Waals surface area contributed by atoms with Gasteiger partial charge in [-0.05, 0) is 43.7 Å². The zero-order valence-electron chi connectivity index (χ0n) is 12.8. The van der Waals surface area contributed by atoms with Gasteiger partial charge >= 0.3 is 0 Å². The minimum Gasteiger partial charge on any atom is -0.338 e. The number of nitrogens with zero attached hydrogens (tertiary/aromatic N) is 2. The third-order valence-electron chi connectivity index (χ3n) is 4.23. The Kier molecular flexibility index (Phi) is 4.49. The summed E-state index contributed by atoms with van der Waals surface area (Å²) in [6, 6.07) is 10.3. The van der Waals surface area contributed by atoms with Crippen LogP contribution in [-0.4, -0.2) is 42.0 Å². The normalized spacial score (nSPS) is 19.0. The average Bonchev–Trinajstić information content (AvgIpc) is 2.59. The van der Waals surface area contributed by atoms with E-state index in [2.05, 4.69) is 10.3 Å². The second-order valence-electron chi connectivity index (χ2n) is 5.66. The van der Waals surface area contributed by atoms with E-state index in [4.69, 9.17) is 0 Å². The lowest BCUT2D eigenvalue weighted by molar-refractivity contribution is -0.127. The van der Waals surface area contributed by atoms with E-state index in [0.29, 0.717) is 6.04 Å². The molecule has 22 heavy (non-hydrogen) atoms. The molecule has 2 aromatic rings. The Morgan fingerprint density at radius 3 is 3.09 bits per heavy atom. The summed E-state index contributed by atoms with van der Waals surface area (Å²) in [5.41, 5.74) is 1.98. The lowest BCUT2D eigenvalue weighted by Gasteiger charge is -2.31. The van der Waals surface area contributed by atoms with E-state index in [-0.39, 0.29) is 5.91 Å². The van der Waals surface area contributed by atoms with E-state index >= 15 is 0 Å². The number of pyridine rings is 1. The number of carbonyl (C=O) groups is 1. The van der Waals surface area contributed by atoms with Crippen molar-refractivity contribution in [1.82, 2.24) is 15.2 Å². The number of hydrogen-bond donors (Lipinski definition) is 1.